The molecule has 0 unspecified atom stereocenters. The molecule has 2 heterocycles. The summed E-state index contributed by atoms with van der Waals surface area (Å²) in [6, 6.07) is 0.855. The van der Waals surface area contributed by atoms with Gasteiger partial charge < -0.3 is 10.2 Å². The molecule has 2 fully saturated rings. The average molecular weight is 140 g/mol. The number of rotatable bonds is 0. The highest BCUT2D eigenvalue weighted by Crippen LogP contribution is 2.26. The van der Waals surface area contributed by atoms with Gasteiger partial charge in [0.15, 0.2) is 0 Å². The molecule has 0 aromatic carbocycles. The van der Waals surface area contributed by atoms with Crippen LogP contribution in [0.5, 0.6) is 0 Å². The number of likely N-dealkylation sites (tertiary alicyclic amines) is 1. The number of hydrogen-bond donors (Lipinski definition) is 1. The first-order valence-electron chi connectivity index (χ1n) is 4.29. The summed E-state index contributed by atoms with van der Waals surface area (Å²) in [6.07, 6.45) is 2.83. The van der Waals surface area contributed by atoms with Gasteiger partial charge in [0, 0.05) is 12.6 Å². The Balaban J connectivity index is 2.01. The zero-order valence-corrected chi connectivity index (χ0v) is 6.64. The van der Waals surface area contributed by atoms with E-state index in [2.05, 4.69) is 17.3 Å². The molecule has 0 saturated carbocycles. The molecule has 2 aliphatic heterocycles. The van der Waals surface area contributed by atoms with E-state index in [0.717, 1.165) is 12.0 Å². The zero-order chi connectivity index (χ0) is 6.97. The molecule has 2 heteroatoms. The van der Waals surface area contributed by atoms with Crippen LogP contribution in [0.3, 0.4) is 0 Å². The van der Waals surface area contributed by atoms with E-state index >= 15 is 0 Å². The highest BCUT2D eigenvalue weighted by molar-refractivity contribution is 4.89. The van der Waals surface area contributed by atoms with Gasteiger partial charge in [0.05, 0.1) is 0 Å². The Bertz CT molecular complexity index is 122. The minimum absolute atomic E-state index is 0.855. The molecular weight excluding hydrogens is 124 g/mol. The molecule has 2 atom stereocenters. The van der Waals surface area contributed by atoms with Gasteiger partial charge in [-0.05, 0) is 38.9 Å². The van der Waals surface area contributed by atoms with Crippen LogP contribution in [0, 0.1) is 5.92 Å². The minimum atomic E-state index is 0.855. The second-order valence-electron chi connectivity index (χ2n) is 3.59. The van der Waals surface area contributed by atoms with E-state index in [1.54, 1.807) is 0 Å². The van der Waals surface area contributed by atoms with Gasteiger partial charge in [-0.15, -0.1) is 0 Å². The molecule has 0 aromatic rings. The first kappa shape index (κ1) is 6.62. The summed E-state index contributed by atoms with van der Waals surface area (Å²) in [4.78, 5) is 2.50. The normalized spacial score (nSPS) is 41.7. The lowest BCUT2D eigenvalue weighted by Gasteiger charge is -2.29. The Morgan fingerprint density at radius 3 is 3.10 bits per heavy atom. The molecule has 0 bridgehead atoms. The van der Waals surface area contributed by atoms with E-state index in [1.165, 1.54) is 32.5 Å². The summed E-state index contributed by atoms with van der Waals surface area (Å²) in [5.41, 5.74) is 0. The lowest BCUT2D eigenvalue weighted by molar-refractivity contribution is 0.229. The summed E-state index contributed by atoms with van der Waals surface area (Å²) in [5.74, 6) is 1.01. The molecule has 0 aromatic heterocycles. The zero-order valence-electron chi connectivity index (χ0n) is 6.64. The summed E-state index contributed by atoms with van der Waals surface area (Å²) in [5, 5.41) is 3.44. The SMILES string of the molecule is CN1CC[C@H]2CCNC[C@H]21. The molecule has 2 saturated heterocycles. The second-order valence-corrected chi connectivity index (χ2v) is 3.59. The van der Waals surface area contributed by atoms with Crippen molar-refractivity contribution in [3.8, 4) is 0 Å². The molecule has 58 valence electrons. The highest BCUT2D eigenvalue weighted by atomic mass is 15.2. The van der Waals surface area contributed by atoms with Crippen LogP contribution >= 0.6 is 0 Å². The van der Waals surface area contributed by atoms with Crippen molar-refractivity contribution in [2.75, 3.05) is 26.7 Å². The Labute approximate surface area is 62.6 Å². The van der Waals surface area contributed by atoms with Crippen LogP contribution in [0.1, 0.15) is 12.8 Å². The van der Waals surface area contributed by atoms with E-state index in [-0.39, 0.29) is 0 Å². The van der Waals surface area contributed by atoms with Crippen molar-refractivity contribution in [1.82, 2.24) is 10.2 Å². The first-order valence-corrected chi connectivity index (χ1v) is 4.29. The van der Waals surface area contributed by atoms with Crippen molar-refractivity contribution in [3.63, 3.8) is 0 Å². The summed E-state index contributed by atoms with van der Waals surface area (Å²) < 4.78 is 0. The Kier molecular flexibility index (Phi) is 1.66. The smallest absolute Gasteiger partial charge is 0.0246 e. The lowest BCUT2D eigenvalue weighted by atomic mass is 9.94. The molecule has 1 N–H and O–H groups in total. The topological polar surface area (TPSA) is 15.3 Å². The van der Waals surface area contributed by atoms with Gasteiger partial charge in [-0.1, -0.05) is 0 Å². The van der Waals surface area contributed by atoms with E-state index in [0.29, 0.717) is 0 Å². The number of nitrogens with one attached hydrogen (secondary N) is 1. The summed E-state index contributed by atoms with van der Waals surface area (Å²) in [6.45, 7) is 3.78. The molecule has 0 spiro atoms. The first-order chi connectivity index (χ1) is 4.88. The van der Waals surface area contributed by atoms with Crippen LogP contribution in [-0.2, 0) is 0 Å². The van der Waals surface area contributed by atoms with E-state index in [1.807, 2.05) is 0 Å². The van der Waals surface area contributed by atoms with Crippen molar-refractivity contribution in [3.05, 3.63) is 0 Å². The number of likely N-dealkylation sites (N-methyl/N-ethyl adjacent to an activating group) is 1. The van der Waals surface area contributed by atoms with Crippen LogP contribution < -0.4 is 5.32 Å². The molecule has 2 aliphatic rings. The number of piperidine rings is 1. The van der Waals surface area contributed by atoms with Crippen molar-refractivity contribution >= 4 is 0 Å². The fraction of sp³-hybridized carbons (Fsp3) is 1.00. The predicted molar refractivity (Wildman–Crippen MR) is 42.0 cm³/mol. The van der Waals surface area contributed by atoms with Gasteiger partial charge >= 0.3 is 0 Å². The van der Waals surface area contributed by atoms with Gasteiger partial charge in [0.25, 0.3) is 0 Å². The van der Waals surface area contributed by atoms with Crippen molar-refractivity contribution in [1.29, 1.82) is 0 Å². The van der Waals surface area contributed by atoms with Crippen molar-refractivity contribution in [2.24, 2.45) is 5.92 Å². The van der Waals surface area contributed by atoms with Crippen LogP contribution in [0.25, 0.3) is 0 Å². The molecule has 0 aliphatic carbocycles. The van der Waals surface area contributed by atoms with Crippen LogP contribution in [0.2, 0.25) is 0 Å². The Hall–Kier alpha value is -0.0800. The maximum Gasteiger partial charge on any atom is 0.0246 e. The molecule has 10 heavy (non-hydrogen) atoms. The molecular formula is C8H16N2. The van der Waals surface area contributed by atoms with Crippen LogP contribution in [0.15, 0.2) is 0 Å². The minimum Gasteiger partial charge on any atom is -0.315 e. The Morgan fingerprint density at radius 1 is 1.40 bits per heavy atom. The van der Waals surface area contributed by atoms with E-state index in [9.17, 15) is 0 Å². The maximum absolute atomic E-state index is 3.44. The average Bonchev–Trinajstić information content (AvgIpc) is 2.34. The standard InChI is InChI=1S/C8H16N2/c1-10-5-3-7-2-4-9-6-8(7)10/h7-9H,2-6H2,1H3/t7-,8-/m1/s1. The number of hydrogen-bond acceptors (Lipinski definition) is 2. The third-order valence-corrected chi connectivity index (χ3v) is 3.01. The van der Waals surface area contributed by atoms with E-state index < -0.39 is 0 Å². The highest BCUT2D eigenvalue weighted by Gasteiger charge is 2.32. The quantitative estimate of drug-likeness (QED) is 0.520. The molecule has 0 radical (unpaired) electrons. The van der Waals surface area contributed by atoms with E-state index in [4.69, 9.17) is 0 Å². The van der Waals surface area contributed by atoms with Gasteiger partial charge in [-0.25, -0.2) is 0 Å². The third-order valence-electron chi connectivity index (χ3n) is 3.01. The maximum atomic E-state index is 3.44. The van der Waals surface area contributed by atoms with Gasteiger partial charge in [0.1, 0.15) is 0 Å². The Morgan fingerprint density at radius 2 is 2.30 bits per heavy atom. The fourth-order valence-corrected chi connectivity index (χ4v) is 2.28. The van der Waals surface area contributed by atoms with Crippen LogP contribution in [0.4, 0.5) is 0 Å². The fourth-order valence-electron chi connectivity index (χ4n) is 2.28. The third kappa shape index (κ3) is 0.956. The predicted octanol–water partition coefficient (Wildman–Crippen LogP) is 0.300. The summed E-state index contributed by atoms with van der Waals surface area (Å²) >= 11 is 0. The second kappa shape index (κ2) is 2.51. The molecule has 0 amide bonds. The lowest BCUT2D eigenvalue weighted by Crippen LogP contribution is -2.44. The monoisotopic (exact) mass is 140 g/mol. The largest absolute Gasteiger partial charge is 0.315 e. The molecule has 2 rings (SSSR count). The summed E-state index contributed by atoms with van der Waals surface area (Å²) in [7, 11) is 2.25. The van der Waals surface area contributed by atoms with Crippen molar-refractivity contribution in [2.45, 2.75) is 18.9 Å². The van der Waals surface area contributed by atoms with Crippen LogP contribution in [-0.4, -0.2) is 37.6 Å². The molecule has 2 nitrogen and oxygen atoms in total. The van der Waals surface area contributed by atoms with Crippen molar-refractivity contribution < 1.29 is 0 Å². The number of nitrogens with zero attached hydrogens (tertiary/aromatic N) is 1. The van der Waals surface area contributed by atoms with Gasteiger partial charge in [0.2, 0.25) is 0 Å². The number of fused-ring (bicyclic) bond motifs is 1. The van der Waals surface area contributed by atoms with Gasteiger partial charge in [-0.3, -0.25) is 0 Å². The van der Waals surface area contributed by atoms with Gasteiger partial charge in [-0.2, -0.15) is 0 Å².